The van der Waals surface area contributed by atoms with Gasteiger partial charge in [-0.3, -0.25) is 0 Å². The molecule has 1 aliphatic carbocycles. The van der Waals surface area contributed by atoms with Crippen molar-refractivity contribution < 1.29 is 5.11 Å². The first kappa shape index (κ1) is 13.2. The second-order valence-electron chi connectivity index (χ2n) is 5.70. The first-order chi connectivity index (χ1) is 9.65. The highest BCUT2D eigenvalue weighted by atomic mass is 16.3. The Labute approximate surface area is 119 Å². The Morgan fingerprint density at radius 2 is 1.90 bits per heavy atom. The number of nitrogens with one attached hydrogen (secondary N) is 1. The maximum Gasteiger partial charge on any atom is 0.134 e. The molecule has 0 spiro atoms. The molecule has 0 radical (unpaired) electrons. The minimum Gasteiger partial charge on any atom is -0.398 e. The van der Waals surface area contributed by atoms with Gasteiger partial charge in [0.15, 0.2) is 0 Å². The van der Waals surface area contributed by atoms with E-state index in [9.17, 15) is 5.11 Å². The van der Waals surface area contributed by atoms with Gasteiger partial charge in [-0.2, -0.15) is 0 Å². The van der Waals surface area contributed by atoms with E-state index in [0.29, 0.717) is 6.04 Å². The fraction of sp³-hybridized carbons (Fsp3) is 0.438. The molecular formula is C16H21N3O. The quantitative estimate of drug-likeness (QED) is 0.734. The first-order valence-corrected chi connectivity index (χ1v) is 7.23. The van der Waals surface area contributed by atoms with Crippen LogP contribution in [0.4, 0.5) is 11.5 Å². The van der Waals surface area contributed by atoms with Gasteiger partial charge in [-0.25, -0.2) is 4.98 Å². The number of nitrogens with two attached hydrogens (primary N) is 1. The number of nitrogens with zero attached hydrogens (tertiary/aromatic N) is 1. The number of aliphatic hydroxyl groups excluding tert-OH is 1. The second kappa shape index (κ2) is 5.29. The third-order valence-electron chi connectivity index (χ3n) is 4.24. The van der Waals surface area contributed by atoms with E-state index >= 15 is 0 Å². The fourth-order valence-corrected chi connectivity index (χ4v) is 2.92. The average molecular weight is 271 g/mol. The summed E-state index contributed by atoms with van der Waals surface area (Å²) in [7, 11) is 0. The van der Waals surface area contributed by atoms with Crippen molar-refractivity contribution in [3.8, 4) is 0 Å². The molecule has 1 fully saturated rings. The number of fused-ring (bicyclic) bond motifs is 1. The van der Waals surface area contributed by atoms with Crippen LogP contribution in [-0.2, 0) is 0 Å². The molecular weight excluding hydrogens is 250 g/mol. The van der Waals surface area contributed by atoms with Gasteiger partial charge in [-0.1, -0.05) is 12.1 Å². The van der Waals surface area contributed by atoms with Crippen LogP contribution in [0.5, 0.6) is 0 Å². The number of hydrogen-bond acceptors (Lipinski definition) is 4. The van der Waals surface area contributed by atoms with Gasteiger partial charge in [0.1, 0.15) is 5.82 Å². The van der Waals surface area contributed by atoms with E-state index in [1.807, 2.05) is 19.1 Å². The number of aromatic nitrogens is 1. The van der Waals surface area contributed by atoms with E-state index in [0.717, 1.165) is 53.5 Å². The molecule has 0 bridgehead atoms. The molecule has 1 aromatic heterocycles. The lowest BCUT2D eigenvalue weighted by atomic mass is 9.93. The van der Waals surface area contributed by atoms with Crippen LogP contribution in [-0.4, -0.2) is 22.2 Å². The SMILES string of the molecule is Cc1ccc2c(NC3CCC(O)CC3)nccc2c1N. The maximum absolute atomic E-state index is 9.57. The molecule has 1 aliphatic rings. The van der Waals surface area contributed by atoms with Crippen molar-refractivity contribution in [1.29, 1.82) is 0 Å². The van der Waals surface area contributed by atoms with Gasteiger partial charge in [-0.05, 0) is 44.2 Å². The predicted molar refractivity (Wildman–Crippen MR) is 82.8 cm³/mol. The van der Waals surface area contributed by atoms with Gasteiger partial charge in [0.2, 0.25) is 0 Å². The van der Waals surface area contributed by atoms with Crippen LogP contribution in [0.2, 0.25) is 0 Å². The lowest BCUT2D eigenvalue weighted by molar-refractivity contribution is 0.126. The van der Waals surface area contributed by atoms with E-state index in [-0.39, 0.29) is 6.10 Å². The molecule has 0 aliphatic heterocycles. The number of nitrogen functional groups attached to an aromatic ring is 1. The summed E-state index contributed by atoms with van der Waals surface area (Å²) >= 11 is 0. The molecule has 0 atom stereocenters. The molecule has 0 amide bonds. The summed E-state index contributed by atoms with van der Waals surface area (Å²) in [5.74, 6) is 0.899. The Bertz CT molecular complexity index is 618. The van der Waals surface area contributed by atoms with Gasteiger partial charge in [0.05, 0.1) is 6.10 Å². The Balaban J connectivity index is 1.90. The number of aliphatic hydroxyl groups is 1. The van der Waals surface area contributed by atoms with E-state index in [1.54, 1.807) is 6.20 Å². The Morgan fingerprint density at radius 1 is 1.15 bits per heavy atom. The number of hydrogen-bond donors (Lipinski definition) is 3. The Kier molecular flexibility index (Phi) is 3.49. The van der Waals surface area contributed by atoms with Crippen molar-refractivity contribution in [2.75, 3.05) is 11.1 Å². The molecule has 4 heteroatoms. The standard InChI is InChI=1S/C16H21N3O/c1-10-2-7-14-13(15(10)17)8-9-18-16(14)19-11-3-5-12(20)6-4-11/h2,7-9,11-12,20H,3-6,17H2,1H3,(H,18,19). The Hall–Kier alpha value is -1.81. The molecule has 4 N–H and O–H groups in total. The highest BCUT2D eigenvalue weighted by molar-refractivity contribution is 6.00. The molecule has 3 rings (SSSR count). The lowest BCUT2D eigenvalue weighted by Gasteiger charge is -2.27. The summed E-state index contributed by atoms with van der Waals surface area (Å²) in [5.41, 5.74) is 8.07. The summed E-state index contributed by atoms with van der Waals surface area (Å²) < 4.78 is 0. The van der Waals surface area contributed by atoms with E-state index in [2.05, 4.69) is 16.4 Å². The summed E-state index contributed by atoms with van der Waals surface area (Å²) in [5, 5.41) is 15.2. The van der Waals surface area contributed by atoms with E-state index in [4.69, 9.17) is 5.73 Å². The molecule has 1 aromatic carbocycles. The molecule has 106 valence electrons. The minimum absolute atomic E-state index is 0.133. The van der Waals surface area contributed by atoms with Crippen LogP contribution in [0.15, 0.2) is 24.4 Å². The smallest absolute Gasteiger partial charge is 0.134 e. The zero-order valence-corrected chi connectivity index (χ0v) is 11.8. The molecule has 1 saturated carbocycles. The van der Waals surface area contributed by atoms with Crippen molar-refractivity contribution in [3.05, 3.63) is 30.0 Å². The van der Waals surface area contributed by atoms with Gasteiger partial charge in [0.25, 0.3) is 0 Å². The van der Waals surface area contributed by atoms with Gasteiger partial charge in [-0.15, -0.1) is 0 Å². The van der Waals surface area contributed by atoms with Crippen LogP contribution in [0.1, 0.15) is 31.2 Å². The van der Waals surface area contributed by atoms with Crippen LogP contribution in [0.3, 0.4) is 0 Å². The van der Waals surface area contributed by atoms with E-state index in [1.165, 1.54) is 0 Å². The molecule has 2 aromatic rings. The van der Waals surface area contributed by atoms with Crippen LogP contribution in [0, 0.1) is 6.92 Å². The third kappa shape index (κ3) is 2.43. The maximum atomic E-state index is 9.57. The normalized spacial score (nSPS) is 22.9. The van der Waals surface area contributed by atoms with Crippen molar-refractivity contribution in [2.45, 2.75) is 44.8 Å². The van der Waals surface area contributed by atoms with Gasteiger partial charge in [0, 0.05) is 28.7 Å². The summed E-state index contributed by atoms with van der Waals surface area (Å²) in [6, 6.07) is 6.47. The van der Waals surface area contributed by atoms with Crippen molar-refractivity contribution in [1.82, 2.24) is 4.98 Å². The van der Waals surface area contributed by atoms with E-state index < -0.39 is 0 Å². The highest BCUT2D eigenvalue weighted by Gasteiger charge is 2.20. The number of anilines is 2. The fourth-order valence-electron chi connectivity index (χ4n) is 2.92. The largest absolute Gasteiger partial charge is 0.398 e. The molecule has 1 heterocycles. The van der Waals surface area contributed by atoms with Crippen LogP contribution in [0.25, 0.3) is 10.8 Å². The van der Waals surface area contributed by atoms with Gasteiger partial charge < -0.3 is 16.2 Å². The second-order valence-corrected chi connectivity index (χ2v) is 5.70. The zero-order valence-electron chi connectivity index (χ0n) is 11.8. The zero-order chi connectivity index (χ0) is 14.1. The summed E-state index contributed by atoms with van der Waals surface area (Å²) in [6.45, 7) is 2.02. The first-order valence-electron chi connectivity index (χ1n) is 7.23. The summed E-state index contributed by atoms with van der Waals surface area (Å²) in [4.78, 5) is 4.46. The average Bonchev–Trinajstić information content (AvgIpc) is 2.46. The predicted octanol–water partition coefficient (Wildman–Crippen LogP) is 2.84. The van der Waals surface area contributed by atoms with Crippen molar-refractivity contribution >= 4 is 22.3 Å². The molecule has 20 heavy (non-hydrogen) atoms. The highest BCUT2D eigenvalue weighted by Crippen LogP contribution is 2.30. The monoisotopic (exact) mass is 271 g/mol. The number of benzene rings is 1. The van der Waals surface area contributed by atoms with Gasteiger partial charge >= 0.3 is 0 Å². The molecule has 0 saturated heterocycles. The molecule has 4 nitrogen and oxygen atoms in total. The van der Waals surface area contributed by atoms with Crippen LogP contribution >= 0.6 is 0 Å². The Morgan fingerprint density at radius 3 is 2.65 bits per heavy atom. The third-order valence-corrected chi connectivity index (χ3v) is 4.24. The minimum atomic E-state index is -0.133. The lowest BCUT2D eigenvalue weighted by Crippen LogP contribution is -2.28. The number of rotatable bonds is 2. The number of pyridine rings is 1. The van der Waals surface area contributed by atoms with Crippen molar-refractivity contribution in [3.63, 3.8) is 0 Å². The topological polar surface area (TPSA) is 71.2 Å². The molecule has 0 unspecified atom stereocenters. The summed E-state index contributed by atoms with van der Waals surface area (Å²) in [6.07, 6.45) is 5.37. The number of aryl methyl sites for hydroxylation is 1. The van der Waals surface area contributed by atoms with Crippen LogP contribution < -0.4 is 11.1 Å². The van der Waals surface area contributed by atoms with Crippen molar-refractivity contribution in [2.24, 2.45) is 0 Å².